The van der Waals surface area contributed by atoms with Gasteiger partial charge in [0.1, 0.15) is 0 Å². The Kier molecular flexibility index (Phi) is 5.70. The van der Waals surface area contributed by atoms with Gasteiger partial charge in [0.25, 0.3) is 0 Å². The minimum Gasteiger partial charge on any atom is -0.466 e. The Labute approximate surface area is 102 Å². The van der Waals surface area contributed by atoms with Gasteiger partial charge in [0.2, 0.25) is 0 Å². The fourth-order valence-electron chi connectivity index (χ4n) is 1.85. The summed E-state index contributed by atoms with van der Waals surface area (Å²) in [7, 11) is 0. The van der Waals surface area contributed by atoms with Crippen molar-refractivity contribution in [2.75, 3.05) is 6.61 Å². The zero-order valence-electron chi connectivity index (χ0n) is 10.4. The second kappa shape index (κ2) is 7.07. The third kappa shape index (κ3) is 3.86. The summed E-state index contributed by atoms with van der Waals surface area (Å²) in [5.74, 6) is -0.784. The number of esters is 1. The number of hydrogen-bond acceptors (Lipinski definition) is 3. The lowest BCUT2D eigenvalue weighted by Gasteiger charge is -2.21. The first-order chi connectivity index (χ1) is 8.20. The number of benzene rings is 1. The molecule has 1 aromatic carbocycles. The first-order valence-electron chi connectivity index (χ1n) is 6.10. The minimum absolute atomic E-state index is 0.314. The molecular weight excluding hydrogens is 216 g/mol. The molecule has 0 fully saturated rings. The number of aliphatic hydroxyl groups excluding tert-OH is 1. The second-order valence-corrected chi connectivity index (χ2v) is 4.00. The molecule has 94 valence electrons. The summed E-state index contributed by atoms with van der Waals surface area (Å²) >= 11 is 0. The Bertz CT molecular complexity index is 335. The number of hydrogen-bond donors (Lipinski definition) is 1. The third-order valence-electron chi connectivity index (χ3n) is 2.71. The van der Waals surface area contributed by atoms with Gasteiger partial charge in [-0.3, -0.25) is 4.79 Å². The van der Waals surface area contributed by atoms with Crippen molar-refractivity contribution >= 4 is 5.97 Å². The smallest absolute Gasteiger partial charge is 0.311 e. The van der Waals surface area contributed by atoms with Crippen LogP contribution in [0.25, 0.3) is 0 Å². The van der Waals surface area contributed by atoms with E-state index in [-0.39, 0.29) is 5.97 Å². The molecule has 1 rings (SSSR count). The Morgan fingerprint density at radius 2 is 1.94 bits per heavy atom. The first kappa shape index (κ1) is 13.7. The van der Waals surface area contributed by atoms with Crippen molar-refractivity contribution in [1.82, 2.24) is 0 Å². The van der Waals surface area contributed by atoms with Gasteiger partial charge in [-0.25, -0.2) is 0 Å². The Balaban J connectivity index is 2.80. The fourth-order valence-corrected chi connectivity index (χ4v) is 1.85. The average Bonchev–Trinajstić information content (AvgIpc) is 2.36. The highest BCUT2D eigenvalue weighted by Crippen LogP contribution is 2.26. The van der Waals surface area contributed by atoms with Crippen LogP contribution in [-0.4, -0.2) is 17.7 Å². The third-order valence-corrected chi connectivity index (χ3v) is 2.71. The minimum atomic E-state index is -0.782. The largest absolute Gasteiger partial charge is 0.466 e. The first-order valence-corrected chi connectivity index (χ1v) is 6.10. The molecule has 0 heterocycles. The van der Waals surface area contributed by atoms with Crippen molar-refractivity contribution in [2.24, 2.45) is 5.92 Å². The van der Waals surface area contributed by atoms with Crippen molar-refractivity contribution < 1.29 is 14.6 Å². The number of ether oxygens (including phenoxy) is 1. The molecule has 0 radical (unpaired) electrons. The fraction of sp³-hybridized carbons (Fsp3) is 0.500. The molecule has 17 heavy (non-hydrogen) atoms. The summed E-state index contributed by atoms with van der Waals surface area (Å²) in [6.45, 7) is 4.11. The second-order valence-electron chi connectivity index (χ2n) is 4.00. The van der Waals surface area contributed by atoms with Crippen LogP contribution in [-0.2, 0) is 9.53 Å². The Morgan fingerprint density at radius 1 is 1.29 bits per heavy atom. The van der Waals surface area contributed by atoms with Gasteiger partial charge in [-0.05, 0) is 18.9 Å². The zero-order valence-corrected chi connectivity index (χ0v) is 10.4. The van der Waals surface area contributed by atoms with Crippen molar-refractivity contribution in [3.05, 3.63) is 35.9 Å². The molecule has 0 amide bonds. The molecule has 0 spiro atoms. The van der Waals surface area contributed by atoms with Gasteiger partial charge in [0.15, 0.2) is 0 Å². The van der Waals surface area contributed by atoms with E-state index in [1.54, 1.807) is 6.92 Å². The van der Waals surface area contributed by atoms with Crippen LogP contribution in [0.15, 0.2) is 30.3 Å². The van der Waals surface area contributed by atoms with Gasteiger partial charge in [-0.15, -0.1) is 0 Å². The number of rotatable bonds is 6. The highest BCUT2D eigenvalue weighted by atomic mass is 16.5. The summed E-state index contributed by atoms with van der Waals surface area (Å²) in [5.41, 5.74) is 0.763. The van der Waals surface area contributed by atoms with Gasteiger partial charge in [0, 0.05) is 0 Å². The lowest BCUT2D eigenvalue weighted by atomic mass is 9.92. The summed E-state index contributed by atoms with van der Waals surface area (Å²) < 4.78 is 5.00. The molecule has 3 heteroatoms. The average molecular weight is 236 g/mol. The molecule has 0 aliphatic rings. The van der Waals surface area contributed by atoms with Crippen LogP contribution in [0.3, 0.4) is 0 Å². The van der Waals surface area contributed by atoms with Gasteiger partial charge >= 0.3 is 5.97 Å². The molecule has 1 N–H and O–H groups in total. The van der Waals surface area contributed by atoms with Crippen LogP contribution in [0, 0.1) is 5.92 Å². The van der Waals surface area contributed by atoms with E-state index in [2.05, 4.69) is 0 Å². The monoisotopic (exact) mass is 236 g/mol. The number of aliphatic hydroxyl groups is 1. The summed E-state index contributed by atoms with van der Waals surface area (Å²) in [4.78, 5) is 11.8. The normalized spacial score (nSPS) is 14.1. The maximum Gasteiger partial charge on any atom is 0.311 e. The standard InChI is InChI=1S/C14H20O3/c1-3-8-12(14(16)17-4-2)13(15)11-9-6-5-7-10-11/h5-7,9-10,12-13,15H,3-4,8H2,1-2H3. The quantitative estimate of drug-likeness (QED) is 0.772. The molecule has 2 unspecified atom stereocenters. The predicted molar refractivity (Wildman–Crippen MR) is 66.4 cm³/mol. The highest BCUT2D eigenvalue weighted by molar-refractivity contribution is 5.73. The molecule has 1 aromatic rings. The van der Waals surface area contributed by atoms with Crippen molar-refractivity contribution in [2.45, 2.75) is 32.8 Å². The van der Waals surface area contributed by atoms with E-state index >= 15 is 0 Å². The lowest BCUT2D eigenvalue weighted by molar-refractivity contribution is -0.152. The van der Waals surface area contributed by atoms with Crippen LogP contribution < -0.4 is 0 Å². The van der Waals surface area contributed by atoms with Crippen LogP contribution >= 0.6 is 0 Å². The summed E-state index contributed by atoms with van der Waals surface area (Å²) in [5, 5.41) is 10.2. The molecule has 0 aliphatic heterocycles. The van der Waals surface area contributed by atoms with Crippen LogP contribution in [0.1, 0.15) is 38.4 Å². The predicted octanol–water partition coefficient (Wildman–Crippen LogP) is 2.70. The van der Waals surface area contributed by atoms with E-state index < -0.39 is 12.0 Å². The van der Waals surface area contributed by atoms with Crippen molar-refractivity contribution in [3.63, 3.8) is 0 Å². The molecule has 2 atom stereocenters. The number of carbonyl (C=O) groups is 1. The van der Waals surface area contributed by atoms with Gasteiger partial charge in [-0.2, -0.15) is 0 Å². The highest BCUT2D eigenvalue weighted by Gasteiger charge is 2.28. The Hall–Kier alpha value is -1.35. The van der Waals surface area contributed by atoms with E-state index in [1.165, 1.54) is 0 Å². The van der Waals surface area contributed by atoms with E-state index in [9.17, 15) is 9.90 Å². The summed E-state index contributed by atoms with van der Waals surface area (Å²) in [6, 6.07) is 9.24. The van der Waals surface area contributed by atoms with Gasteiger partial charge in [-0.1, -0.05) is 43.7 Å². The molecular formula is C14H20O3. The molecule has 0 saturated heterocycles. The lowest BCUT2D eigenvalue weighted by Crippen LogP contribution is -2.24. The van der Waals surface area contributed by atoms with Gasteiger partial charge < -0.3 is 9.84 Å². The van der Waals surface area contributed by atoms with E-state index in [4.69, 9.17) is 4.74 Å². The maximum absolute atomic E-state index is 11.8. The number of carbonyl (C=O) groups excluding carboxylic acids is 1. The SMILES string of the molecule is CCCC(C(=O)OCC)C(O)c1ccccc1. The van der Waals surface area contributed by atoms with Crippen LogP contribution in [0.5, 0.6) is 0 Å². The Morgan fingerprint density at radius 3 is 2.47 bits per heavy atom. The molecule has 0 bridgehead atoms. The van der Waals surface area contributed by atoms with E-state index in [0.29, 0.717) is 13.0 Å². The molecule has 3 nitrogen and oxygen atoms in total. The van der Waals surface area contributed by atoms with Crippen molar-refractivity contribution in [1.29, 1.82) is 0 Å². The van der Waals surface area contributed by atoms with Gasteiger partial charge in [0.05, 0.1) is 18.6 Å². The van der Waals surface area contributed by atoms with E-state index in [1.807, 2.05) is 37.3 Å². The van der Waals surface area contributed by atoms with Crippen LogP contribution in [0.4, 0.5) is 0 Å². The molecule has 0 aromatic heterocycles. The van der Waals surface area contributed by atoms with Crippen LogP contribution in [0.2, 0.25) is 0 Å². The van der Waals surface area contributed by atoms with Crippen molar-refractivity contribution in [3.8, 4) is 0 Å². The van der Waals surface area contributed by atoms with E-state index in [0.717, 1.165) is 12.0 Å². The zero-order chi connectivity index (χ0) is 12.7. The molecule has 0 saturated carbocycles. The topological polar surface area (TPSA) is 46.5 Å². The molecule has 0 aliphatic carbocycles. The summed E-state index contributed by atoms with van der Waals surface area (Å²) in [6.07, 6.45) is 0.692. The maximum atomic E-state index is 11.8.